The molecule has 1 atom stereocenters. The number of carbonyl (C=O) groups is 2. The maximum absolute atomic E-state index is 13.9. The minimum absolute atomic E-state index is 0.0478. The first-order valence-electron chi connectivity index (χ1n) is 14.5. The highest BCUT2D eigenvalue weighted by atomic mass is 16.3. The number of allylic oxidation sites excluding steroid dienone is 1. The zero-order valence-corrected chi connectivity index (χ0v) is 25.5. The molecule has 0 saturated carbocycles. The van der Waals surface area contributed by atoms with E-state index in [0.29, 0.717) is 29.7 Å². The maximum Gasteiger partial charge on any atom is 0.193 e. The molecule has 41 heavy (non-hydrogen) atoms. The number of hydrogen-bond acceptors (Lipinski definition) is 5. The van der Waals surface area contributed by atoms with E-state index in [0.717, 1.165) is 39.3 Å². The van der Waals surface area contributed by atoms with Gasteiger partial charge >= 0.3 is 0 Å². The van der Waals surface area contributed by atoms with Crippen LogP contribution in [-0.2, 0) is 15.6 Å². The summed E-state index contributed by atoms with van der Waals surface area (Å²) in [5.41, 5.74) is 6.27. The van der Waals surface area contributed by atoms with Gasteiger partial charge in [-0.3, -0.25) is 9.59 Å². The highest BCUT2D eigenvalue weighted by Gasteiger charge is 2.40. The van der Waals surface area contributed by atoms with Crippen molar-refractivity contribution in [3.63, 3.8) is 0 Å². The summed E-state index contributed by atoms with van der Waals surface area (Å²) >= 11 is 0. The fraction of sp³-hybridized carbons (Fsp3) is 0.389. The predicted molar refractivity (Wildman–Crippen MR) is 167 cm³/mol. The van der Waals surface area contributed by atoms with Gasteiger partial charge in [-0.15, -0.1) is 0 Å². The summed E-state index contributed by atoms with van der Waals surface area (Å²) in [5.74, 6) is 0.376. The van der Waals surface area contributed by atoms with Gasteiger partial charge in [-0.1, -0.05) is 85.7 Å². The SMILES string of the molecule is CC1(C)CC(=O)C2=C(C1)Nc1cc(C(=O)c3ccccc3)ccc1NC2c1cc(C(C)(C)C)c(O)c(C(C)(C)C)c1. The van der Waals surface area contributed by atoms with E-state index in [1.807, 2.05) is 48.5 Å². The quantitative estimate of drug-likeness (QED) is 0.285. The van der Waals surface area contributed by atoms with Crippen molar-refractivity contribution in [1.29, 1.82) is 0 Å². The molecule has 5 rings (SSSR count). The Balaban J connectivity index is 1.70. The molecule has 0 fully saturated rings. The van der Waals surface area contributed by atoms with Crippen LogP contribution in [0.4, 0.5) is 11.4 Å². The molecule has 3 aromatic carbocycles. The Labute approximate surface area is 244 Å². The van der Waals surface area contributed by atoms with E-state index >= 15 is 0 Å². The van der Waals surface area contributed by atoms with Crippen molar-refractivity contribution in [3.05, 3.63) is 99.8 Å². The number of phenols is 1. The van der Waals surface area contributed by atoms with Crippen molar-refractivity contribution < 1.29 is 14.7 Å². The molecule has 214 valence electrons. The fourth-order valence-corrected chi connectivity index (χ4v) is 6.06. The standard InChI is InChI=1S/C36H42N2O3/c1-34(2,3)24-16-23(17-25(33(24)41)35(4,5)6)31-30-28(19-36(7,8)20-29(30)39)37-27-18-22(14-15-26(27)38-31)32(40)21-12-10-9-11-13-21/h9-18,31,37-38,41H,19-20H2,1-8H3. The van der Waals surface area contributed by atoms with E-state index in [4.69, 9.17) is 0 Å². The van der Waals surface area contributed by atoms with Crippen LogP contribution in [0, 0.1) is 5.41 Å². The summed E-state index contributed by atoms with van der Waals surface area (Å²) in [6.07, 6.45) is 1.16. The highest BCUT2D eigenvalue weighted by molar-refractivity contribution is 6.10. The molecule has 1 aliphatic heterocycles. The van der Waals surface area contributed by atoms with Gasteiger partial charge in [0, 0.05) is 28.8 Å². The van der Waals surface area contributed by atoms with Crippen LogP contribution < -0.4 is 10.6 Å². The van der Waals surface area contributed by atoms with E-state index in [1.165, 1.54) is 0 Å². The number of ketones is 2. The third-order valence-corrected chi connectivity index (χ3v) is 8.19. The molecule has 0 aromatic heterocycles. The Morgan fingerprint density at radius 3 is 2.02 bits per heavy atom. The van der Waals surface area contributed by atoms with E-state index < -0.39 is 6.04 Å². The molecule has 0 radical (unpaired) electrons. The van der Waals surface area contributed by atoms with Crippen molar-refractivity contribution in [2.45, 2.75) is 85.1 Å². The second-order valence-electron chi connectivity index (χ2n) is 14.5. The number of Topliss-reactive ketones (excluding diaryl/α,β-unsaturated/α-hetero) is 1. The number of aromatic hydroxyl groups is 1. The van der Waals surface area contributed by atoms with Gasteiger partial charge in [0.2, 0.25) is 0 Å². The summed E-state index contributed by atoms with van der Waals surface area (Å²) in [6.45, 7) is 16.8. The lowest BCUT2D eigenvalue weighted by atomic mass is 9.72. The van der Waals surface area contributed by atoms with Crippen LogP contribution in [-0.4, -0.2) is 16.7 Å². The highest BCUT2D eigenvalue weighted by Crippen LogP contribution is 2.48. The number of anilines is 2. The molecule has 1 unspecified atom stereocenters. The lowest BCUT2D eigenvalue weighted by Crippen LogP contribution is -2.31. The first kappa shape index (κ1) is 28.7. The van der Waals surface area contributed by atoms with Crippen LogP contribution in [0.2, 0.25) is 0 Å². The lowest BCUT2D eigenvalue weighted by Gasteiger charge is -2.35. The summed E-state index contributed by atoms with van der Waals surface area (Å²) in [4.78, 5) is 27.2. The van der Waals surface area contributed by atoms with Crippen LogP contribution >= 0.6 is 0 Å². The number of benzene rings is 3. The Kier molecular flexibility index (Phi) is 6.92. The number of nitrogens with one attached hydrogen (secondary N) is 2. The molecular weight excluding hydrogens is 508 g/mol. The molecule has 3 aromatic rings. The molecule has 1 heterocycles. The largest absolute Gasteiger partial charge is 0.507 e. The molecule has 3 N–H and O–H groups in total. The molecule has 5 nitrogen and oxygen atoms in total. The molecule has 0 spiro atoms. The van der Waals surface area contributed by atoms with Crippen molar-refractivity contribution in [1.82, 2.24) is 0 Å². The van der Waals surface area contributed by atoms with E-state index in [1.54, 1.807) is 0 Å². The van der Waals surface area contributed by atoms with Crippen LogP contribution in [0.25, 0.3) is 0 Å². The van der Waals surface area contributed by atoms with E-state index in [9.17, 15) is 14.7 Å². The van der Waals surface area contributed by atoms with Gasteiger partial charge in [-0.25, -0.2) is 0 Å². The zero-order chi connectivity index (χ0) is 29.9. The normalized spacial score (nSPS) is 18.5. The average Bonchev–Trinajstić information content (AvgIpc) is 3.02. The molecule has 1 aliphatic carbocycles. The second kappa shape index (κ2) is 9.90. The van der Waals surface area contributed by atoms with Crippen LogP contribution in [0.1, 0.15) is 107 Å². The minimum Gasteiger partial charge on any atom is -0.507 e. The molecule has 2 aliphatic rings. The Morgan fingerprint density at radius 2 is 1.44 bits per heavy atom. The van der Waals surface area contributed by atoms with Crippen molar-refractivity contribution in [2.75, 3.05) is 10.6 Å². The number of phenolic OH excluding ortho intramolecular Hbond substituents is 1. The molecule has 0 amide bonds. The van der Waals surface area contributed by atoms with Crippen LogP contribution in [0.5, 0.6) is 5.75 Å². The zero-order valence-electron chi connectivity index (χ0n) is 25.5. The number of carbonyl (C=O) groups excluding carboxylic acids is 2. The average molecular weight is 551 g/mol. The lowest BCUT2D eigenvalue weighted by molar-refractivity contribution is -0.118. The summed E-state index contributed by atoms with van der Waals surface area (Å²) in [7, 11) is 0. The number of fused-ring (bicyclic) bond motifs is 1. The Morgan fingerprint density at radius 1 is 0.829 bits per heavy atom. The molecule has 0 bridgehead atoms. The van der Waals surface area contributed by atoms with Gasteiger partial charge < -0.3 is 15.7 Å². The predicted octanol–water partition coefficient (Wildman–Crippen LogP) is 8.44. The monoisotopic (exact) mass is 550 g/mol. The topological polar surface area (TPSA) is 78.4 Å². The van der Waals surface area contributed by atoms with Gasteiger partial charge in [0.25, 0.3) is 0 Å². The summed E-state index contributed by atoms with van der Waals surface area (Å²) < 4.78 is 0. The number of rotatable bonds is 3. The summed E-state index contributed by atoms with van der Waals surface area (Å²) in [5, 5.41) is 18.7. The second-order valence-corrected chi connectivity index (χ2v) is 14.5. The Hall–Kier alpha value is -3.86. The Bertz CT molecular complexity index is 1530. The van der Waals surface area contributed by atoms with Crippen LogP contribution in [0.3, 0.4) is 0 Å². The van der Waals surface area contributed by atoms with Gasteiger partial charge in [-0.05, 0) is 69.7 Å². The first-order chi connectivity index (χ1) is 19.0. The maximum atomic E-state index is 13.9. The molecule has 0 saturated heterocycles. The minimum atomic E-state index is -0.416. The third kappa shape index (κ3) is 5.55. The van der Waals surface area contributed by atoms with E-state index in [-0.39, 0.29) is 27.8 Å². The number of hydrogen-bond donors (Lipinski definition) is 3. The molecule has 5 heteroatoms. The molecular formula is C36H42N2O3. The first-order valence-corrected chi connectivity index (χ1v) is 14.5. The van der Waals surface area contributed by atoms with Crippen molar-refractivity contribution in [2.24, 2.45) is 5.41 Å². The van der Waals surface area contributed by atoms with Gasteiger partial charge in [-0.2, -0.15) is 0 Å². The smallest absolute Gasteiger partial charge is 0.193 e. The summed E-state index contributed by atoms with van der Waals surface area (Å²) in [6, 6.07) is 18.6. The van der Waals surface area contributed by atoms with Crippen molar-refractivity contribution >= 4 is 22.9 Å². The van der Waals surface area contributed by atoms with Crippen LogP contribution in [0.15, 0.2) is 71.9 Å². The van der Waals surface area contributed by atoms with E-state index in [2.05, 4.69) is 78.2 Å². The fourth-order valence-electron chi connectivity index (χ4n) is 6.06. The van der Waals surface area contributed by atoms with Gasteiger partial charge in [0.15, 0.2) is 11.6 Å². The third-order valence-electron chi connectivity index (χ3n) is 8.19. The van der Waals surface area contributed by atoms with Crippen molar-refractivity contribution in [3.8, 4) is 5.75 Å². The van der Waals surface area contributed by atoms with Gasteiger partial charge in [0.1, 0.15) is 5.75 Å². The van der Waals surface area contributed by atoms with Gasteiger partial charge in [0.05, 0.1) is 17.4 Å².